The highest BCUT2D eigenvalue weighted by Gasteiger charge is 2.24. The Kier molecular flexibility index (Phi) is 9.42. The Morgan fingerprint density at radius 1 is 0.215 bits per heavy atom. The number of fused-ring (bicyclic) bond motifs is 13. The largest absolute Gasteiger partial charge is 0.456 e. The van der Waals surface area contributed by atoms with E-state index < -0.39 is 0 Å². The van der Waals surface area contributed by atoms with Crippen molar-refractivity contribution in [2.75, 3.05) is 0 Å². The third-order valence-corrected chi connectivity index (χ3v) is 16.9. The minimum absolute atomic E-state index is 0.866. The van der Waals surface area contributed by atoms with Gasteiger partial charge in [0.2, 0.25) is 0 Å². The second-order valence-electron chi connectivity index (χ2n) is 21.0. The van der Waals surface area contributed by atoms with Gasteiger partial charge in [-0.1, -0.05) is 200 Å². The summed E-state index contributed by atoms with van der Waals surface area (Å²) in [5.74, 6) is 0. The zero-order chi connectivity index (χ0) is 51.7. The molecule has 79 heavy (non-hydrogen) atoms. The molecule has 14 aromatic carbocycles. The Labute approximate surface area is 454 Å². The second kappa shape index (κ2) is 17.0. The Bertz CT molecular complexity index is 5250. The zero-order valence-corrected chi connectivity index (χ0v) is 42.9. The summed E-state index contributed by atoms with van der Waals surface area (Å²) >= 11 is 0. The minimum Gasteiger partial charge on any atom is -0.456 e. The fraction of sp³-hybridized carbons (Fsp3) is 0. The summed E-state index contributed by atoms with van der Waals surface area (Å²) in [6, 6.07) is 102. The van der Waals surface area contributed by atoms with E-state index in [-0.39, 0.29) is 0 Å². The predicted molar refractivity (Wildman–Crippen MR) is 334 cm³/mol. The van der Waals surface area contributed by atoms with Crippen LogP contribution in [0.2, 0.25) is 0 Å². The number of nitrogens with zero attached hydrogens (tertiary/aromatic N) is 2. The van der Waals surface area contributed by atoms with Crippen LogP contribution in [0.4, 0.5) is 0 Å². The van der Waals surface area contributed by atoms with Gasteiger partial charge in [-0.25, -0.2) is 0 Å². The molecule has 3 heteroatoms. The van der Waals surface area contributed by atoms with Gasteiger partial charge >= 0.3 is 0 Å². The number of aromatic nitrogens is 2. The number of benzene rings is 14. The molecule has 0 aliphatic rings. The van der Waals surface area contributed by atoms with E-state index in [0.717, 1.165) is 44.4 Å². The van der Waals surface area contributed by atoms with Gasteiger partial charge in [0, 0.05) is 43.7 Å². The van der Waals surface area contributed by atoms with Crippen LogP contribution in [0.25, 0.3) is 165 Å². The van der Waals surface area contributed by atoms with Crippen molar-refractivity contribution in [3.8, 4) is 55.9 Å². The van der Waals surface area contributed by atoms with Crippen molar-refractivity contribution < 1.29 is 4.42 Å². The summed E-state index contributed by atoms with van der Waals surface area (Å²) in [6.45, 7) is 0. The van der Waals surface area contributed by atoms with Crippen LogP contribution in [-0.2, 0) is 0 Å². The molecule has 0 spiro atoms. The van der Waals surface area contributed by atoms with E-state index in [2.05, 4.69) is 288 Å². The Hall–Kier alpha value is -10.5. The standard InChI is InChI=1S/C76H46N2O/c1-3-20-50(21-4-1)77-66-35-17-15-24-52(66)64-44-47(39-42-68(64)77)72-54-26-7-9-28-56(54)74(57-29-10-8-27-55(57)72)49-38-41-62-71(46-49)79-70-37-19-34-63(76(62)70)75-60-32-13-11-30-58(60)73(59-31-12-14-33-61(59)75)48-40-43-69-65(45-48)53-25-16-18-36-67(53)78(69)51-22-5-2-6-23-51/h1-46H. The molecule has 3 aromatic heterocycles. The first-order valence-electron chi connectivity index (χ1n) is 27.2. The van der Waals surface area contributed by atoms with Gasteiger partial charge < -0.3 is 13.6 Å². The Balaban J connectivity index is 0.839. The van der Waals surface area contributed by atoms with Crippen molar-refractivity contribution in [1.29, 1.82) is 0 Å². The third kappa shape index (κ3) is 6.42. The van der Waals surface area contributed by atoms with Gasteiger partial charge in [0.05, 0.1) is 22.1 Å². The normalized spacial score (nSPS) is 12.1. The quantitative estimate of drug-likeness (QED) is 0.152. The summed E-state index contributed by atoms with van der Waals surface area (Å²) in [4.78, 5) is 0. The topological polar surface area (TPSA) is 23.0 Å². The molecular formula is C76H46N2O. The molecule has 0 fully saturated rings. The van der Waals surface area contributed by atoms with E-state index in [1.54, 1.807) is 0 Å². The Morgan fingerprint density at radius 2 is 0.570 bits per heavy atom. The molecule has 3 heterocycles. The lowest BCUT2D eigenvalue weighted by Gasteiger charge is -2.18. The molecule has 3 nitrogen and oxygen atoms in total. The summed E-state index contributed by atoms with van der Waals surface area (Å²) in [5, 5.41) is 16.9. The molecule has 0 unspecified atom stereocenters. The SMILES string of the molecule is c1ccc(-n2c3ccccc3c3cc(-c4c5ccccc5c(-c5ccc6c(c5)oc5cccc(-c7c8ccccc8c(-c8ccc9c(c8)c8ccccc8n9-c8ccccc8)c8ccccc78)c56)c5ccccc45)ccc32)cc1. The smallest absolute Gasteiger partial charge is 0.136 e. The van der Waals surface area contributed by atoms with Gasteiger partial charge in [-0.2, -0.15) is 0 Å². The molecule has 0 amide bonds. The highest BCUT2D eigenvalue weighted by atomic mass is 16.3. The van der Waals surface area contributed by atoms with Gasteiger partial charge in [0.15, 0.2) is 0 Å². The van der Waals surface area contributed by atoms with Gasteiger partial charge in [0.1, 0.15) is 11.2 Å². The summed E-state index contributed by atoms with van der Waals surface area (Å²) in [5.41, 5.74) is 18.4. The van der Waals surface area contributed by atoms with Crippen molar-refractivity contribution in [3.05, 3.63) is 279 Å². The predicted octanol–water partition coefficient (Wildman–Crippen LogP) is 21.1. The van der Waals surface area contributed by atoms with Crippen LogP contribution < -0.4 is 0 Å². The maximum absolute atomic E-state index is 7.03. The van der Waals surface area contributed by atoms with Crippen molar-refractivity contribution in [3.63, 3.8) is 0 Å². The number of hydrogen-bond donors (Lipinski definition) is 0. The van der Waals surface area contributed by atoms with Crippen LogP contribution in [0, 0.1) is 0 Å². The van der Waals surface area contributed by atoms with Gasteiger partial charge in [-0.05, 0) is 166 Å². The maximum atomic E-state index is 7.03. The highest BCUT2D eigenvalue weighted by molar-refractivity contribution is 6.27. The van der Waals surface area contributed by atoms with E-state index in [9.17, 15) is 0 Å². The molecule has 0 saturated heterocycles. The van der Waals surface area contributed by atoms with Crippen LogP contribution >= 0.6 is 0 Å². The van der Waals surface area contributed by atoms with Crippen molar-refractivity contribution in [2.24, 2.45) is 0 Å². The molecule has 0 aliphatic carbocycles. The molecule has 366 valence electrons. The van der Waals surface area contributed by atoms with Crippen LogP contribution in [0.3, 0.4) is 0 Å². The van der Waals surface area contributed by atoms with E-state index in [4.69, 9.17) is 4.42 Å². The number of rotatable bonds is 6. The first-order chi connectivity index (χ1) is 39.2. The number of hydrogen-bond acceptors (Lipinski definition) is 1. The first-order valence-corrected chi connectivity index (χ1v) is 27.2. The van der Waals surface area contributed by atoms with E-state index in [1.165, 1.54) is 120 Å². The summed E-state index contributed by atoms with van der Waals surface area (Å²) in [7, 11) is 0. The monoisotopic (exact) mass is 1000 g/mol. The molecule has 17 aromatic rings. The van der Waals surface area contributed by atoms with Gasteiger partial charge in [0.25, 0.3) is 0 Å². The summed E-state index contributed by atoms with van der Waals surface area (Å²) < 4.78 is 11.8. The van der Waals surface area contributed by atoms with Crippen molar-refractivity contribution >= 4 is 109 Å². The van der Waals surface area contributed by atoms with Crippen LogP contribution in [0.5, 0.6) is 0 Å². The van der Waals surface area contributed by atoms with Crippen LogP contribution in [0.1, 0.15) is 0 Å². The van der Waals surface area contributed by atoms with E-state index in [0.29, 0.717) is 0 Å². The number of furan rings is 1. The molecule has 0 N–H and O–H groups in total. The molecule has 0 atom stereocenters. The minimum atomic E-state index is 0.866. The zero-order valence-electron chi connectivity index (χ0n) is 42.9. The average molecular weight is 1000 g/mol. The molecule has 17 rings (SSSR count). The summed E-state index contributed by atoms with van der Waals surface area (Å²) in [6.07, 6.45) is 0. The van der Waals surface area contributed by atoms with E-state index >= 15 is 0 Å². The fourth-order valence-corrected chi connectivity index (χ4v) is 13.6. The Morgan fingerprint density at radius 3 is 1.01 bits per heavy atom. The molecular weight excluding hydrogens is 957 g/mol. The van der Waals surface area contributed by atoms with Gasteiger partial charge in [-0.15, -0.1) is 0 Å². The lowest BCUT2D eigenvalue weighted by Crippen LogP contribution is -1.93. The van der Waals surface area contributed by atoms with Crippen LogP contribution in [-0.4, -0.2) is 9.13 Å². The number of para-hydroxylation sites is 4. The highest BCUT2D eigenvalue weighted by Crippen LogP contribution is 2.50. The third-order valence-electron chi connectivity index (χ3n) is 16.9. The van der Waals surface area contributed by atoms with Crippen molar-refractivity contribution in [2.45, 2.75) is 0 Å². The lowest BCUT2D eigenvalue weighted by molar-refractivity contribution is 0.669. The average Bonchev–Trinajstić information content (AvgIpc) is 4.40. The van der Waals surface area contributed by atoms with E-state index in [1.807, 2.05) is 0 Å². The molecule has 0 radical (unpaired) electrons. The first kappa shape index (κ1) is 43.7. The molecule has 0 saturated carbocycles. The maximum Gasteiger partial charge on any atom is 0.136 e. The molecule has 0 bridgehead atoms. The molecule has 0 aliphatic heterocycles. The van der Waals surface area contributed by atoms with Crippen LogP contribution in [0.15, 0.2) is 283 Å². The lowest BCUT2D eigenvalue weighted by atomic mass is 9.84. The second-order valence-corrected chi connectivity index (χ2v) is 21.0. The van der Waals surface area contributed by atoms with Crippen molar-refractivity contribution in [1.82, 2.24) is 9.13 Å². The van der Waals surface area contributed by atoms with Gasteiger partial charge in [-0.3, -0.25) is 0 Å². The fourth-order valence-electron chi connectivity index (χ4n) is 13.6.